The van der Waals surface area contributed by atoms with Crippen molar-refractivity contribution in [2.24, 2.45) is 0 Å². The van der Waals surface area contributed by atoms with Gasteiger partial charge in [0.1, 0.15) is 5.75 Å². The first-order valence-electron chi connectivity index (χ1n) is 7.01. The highest BCUT2D eigenvalue weighted by Crippen LogP contribution is 2.27. The molecule has 0 atom stereocenters. The zero-order valence-corrected chi connectivity index (χ0v) is 12.4. The van der Waals surface area contributed by atoms with E-state index in [1.165, 1.54) is 0 Å². The lowest BCUT2D eigenvalue weighted by Crippen LogP contribution is -2.15. The molecule has 0 aliphatic carbocycles. The molecule has 2 aromatic rings. The Morgan fingerprint density at radius 2 is 2.00 bits per heavy atom. The van der Waals surface area contributed by atoms with E-state index in [-0.39, 0.29) is 28.6 Å². The van der Waals surface area contributed by atoms with Crippen LogP contribution in [0.4, 0.5) is 5.95 Å². The second-order valence-corrected chi connectivity index (χ2v) is 4.77. The van der Waals surface area contributed by atoms with Gasteiger partial charge in [-0.1, -0.05) is 18.9 Å². The summed E-state index contributed by atoms with van der Waals surface area (Å²) in [5.74, 6) is -1.03. The zero-order valence-electron chi connectivity index (χ0n) is 12.4. The van der Waals surface area contributed by atoms with E-state index in [1.807, 2.05) is 13.8 Å². The number of rotatable bonds is 6. The second kappa shape index (κ2) is 6.79. The Hall–Kier alpha value is -2.77. The third-order valence-corrected chi connectivity index (χ3v) is 3.18. The molecule has 0 spiro atoms. The highest BCUT2D eigenvalue weighted by Gasteiger charge is 2.20. The van der Waals surface area contributed by atoms with Crippen molar-refractivity contribution in [3.05, 3.63) is 28.8 Å². The van der Waals surface area contributed by atoms with E-state index in [4.69, 9.17) is 0 Å². The molecule has 0 radical (unpaired) electrons. The average Bonchev–Trinajstić information content (AvgIpc) is 3.00. The standard InChI is InChI=1S/C14H17N5O3/c1-3-5-11(20)9-6-8(4-2)7-10(12(9)21)13(22)15-14-16-18-19-17-14/h6-7,21H,3-5H2,1-2H3,(H2,15,16,17,18,19,22). The molecule has 0 unspecified atom stereocenters. The van der Waals surface area contributed by atoms with Crippen LogP contribution in [0.15, 0.2) is 12.1 Å². The summed E-state index contributed by atoms with van der Waals surface area (Å²) in [6, 6.07) is 3.18. The van der Waals surface area contributed by atoms with Crippen LogP contribution in [0.5, 0.6) is 5.75 Å². The van der Waals surface area contributed by atoms with Crippen LogP contribution in [0.3, 0.4) is 0 Å². The van der Waals surface area contributed by atoms with Crippen LogP contribution < -0.4 is 5.32 Å². The van der Waals surface area contributed by atoms with E-state index < -0.39 is 5.91 Å². The van der Waals surface area contributed by atoms with Crippen LogP contribution in [0, 0.1) is 0 Å². The molecule has 2 rings (SSSR count). The zero-order chi connectivity index (χ0) is 16.1. The van der Waals surface area contributed by atoms with Crippen LogP contribution in [0.1, 0.15) is 53.0 Å². The monoisotopic (exact) mass is 303 g/mol. The molecule has 22 heavy (non-hydrogen) atoms. The fourth-order valence-corrected chi connectivity index (χ4v) is 2.03. The number of ketones is 1. The van der Waals surface area contributed by atoms with Gasteiger partial charge in [-0.05, 0) is 41.0 Å². The van der Waals surface area contributed by atoms with E-state index in [0.29, 0.717) is 19.3 Å². The molecule has 116 valence electrons. The van der Waals surface area contributed by atoms with Crippen molar-refractivity contribution >= 4 is 17.6 Å². The van der Waals surface area contributed by atoms with Crippen molar-refractivity contribution in [1.29, 1.82) is 0 Å². The molecule has 8 nitrogen and oxygen atoms in total. The molecule has 8 heteroatoms. The first-order chi connectivity index (χ1) is 10.6. The number of aromatic amines is 1. The molecule has 1 aromatic carbocycles. The molecule has 0 saturated carbocycles. The molecular formula is C14H17N5O3. The van der Waals surface area contributed by atoms with Gasteiger partial charge < -0.3 is 5.11 Å². The molecule has 0 bridgehead atoms. The first-order valence-corrected chi connectivity index (χ1v) is 7.01. The topological polar surface area (TPSA) is 121 Å². The van der Waals surface area contributed by atoms with Crippen LogP contribution >= 0.6 is 0 Å². The number of carbonyl (C=O) groups is 2. The third kappa shape index (κ3) is 3.27. The Balaban J connectivity index is 2.39. The van der Waals surface area contributed by atoms with E-state index in [2.05, 4.69) is 25.9 Å². The normalized spacial score (nSPS) is 10.5. The predicted molar refractivity (Wildman–Crippen MR) is 78.9 cm³/mol. The highest BCUT2D eigenvalue weighted by molar-refractivity contribution is 6.09. The Kier molecular flexibility index (Phi) is 4.82. The number of aryl methyl sites for hydroxylation is 1. The summed E-state index contributed by atoms with van der Waals surface area (Å²) in [5, 5.41) is 25.3. The lowest BCUT2D eigenvalue weighted by molar-refractivity contribution is 0.0979. The number of Topliss-reactive ketones (excluding diaryl/α,β-unsaturated/α-hetero) is 1. The second-order valence-electron chi connectivity index (χ2n) is 4.77. The predicted octanol–water partition coefficient (Wildman–Crippen LogP) is 1.70. The van der Waals surface area contributed by atoms with Crippen LogP contribution in [0.2, 0.25) is 0 Å². The van der Waals surface area contributed by atoms with Crippen molar-refractivity contribution < 1.29 is 14.7 Å². The van der Waals surface area contributed by atoms with E-state index >= 15 is 0 Å². The van der Waals surface area contributed by atoms with Crippen LogP contribution in [-0.2, 0) is 6.42 Å². The number of aromatic nitrogens is 4. The van der Waals surface area contributed by atoms with Gasteiger partial charge in [-0.2, -0.15) is 0 Å². The van der Waals surface area contributed by atoms with Crippen LogP contribution in [0.25, 0.3) is 0 Å². The molecule has 0 fully saturated rings. The third-order valence-electron chi connectivity index (χ3n) is 3.18. The number of tetrazole rings is 1. The van der Waals surface area contributed by atoms with Crippen molar-refractivity contribution in [3.63, 3.8) is 0 Å². The quantitative estimate of drug-likeness (QED) is 0.698. The first kappa shape index (κ1) is 15.6. The number of nitrogens with one attached hydrogen (secondary N) is 2. The summed E-state index contributed by atoms with van der Waals surface area (Å²) in [6.45, 7) is 3.78. The van der Waals surface area contributed by atoms with E-state index in [0.717, 1.165) is 5.56 Å². The summed E-state index contributed by atoms with van der Waals surface area (Å²) in [4.78, 5) is 24.3. The molecule has 1 heterocycles. The van der Waals surface area contributed by atoms with Crippen LogP contribution in [-0.4, -0.2) is 37.4 Å². The summed E-state index contributed by atoms with van der Waals surface area (Å²) in [5.41, 5.74) is 0.982. The number of nitrogens with zero attached hydrogens (tertiary/aromatic N) is 3. The fourth-order valence-electron chi connectivity index (χ4n) is 2.03. The van der Waals surface area contributed by atoms with Gasteiger partial charge in [-0.25, -0.2) is 5.10 Å². The number of phenolic OH excluding ortho intramolecular Hbond substituents is 1. The summed E-state index contributed by atoms with van der Waals surface area (Å²) < 4.78 is 0. The maximum absolute atomic E-state index is 12.2. The van der Waals surface area contributed by atoms with E-state index in [1.54, 1.807) is 12.1 Å². The van der Waals surface area contributed by atoms with Crippen molar-refractivity contribution in [1.82, 2.24) is 20.6 Å². The largest absolute Gasteiger partial charge is 0.506 e. The molecule has 0 aliphatic heterocycles. The Labute approximate surface area is 126 Å². The minimum Gasteiger partial charge on any atom is -0.506 e. The Morgan fingerprint density at radius 1 is 1.27 bits per heavy atom. The number of hydrogen-bond acceptors (Lipinski definition) is 6. The Bertz CT molecular complexity index is 682. The van der Waals surface area contributed by atoms with Crippen molar-refractivity contribution in [2.75, 3.05) is 5.32 Å². The van der Waals surface area contributed by atoms with Gasteiger partial charge in [0, 0.05) is 6.42 Å². The van der Waals surface area contributed by atoms with Crippen molar-refractivity contribution in [3.8, 4) is 5.75 Å². The number of hydrogen-bond donors (Lipinski definition) is 3. The minimum atomic E-state index is -0.586. The molecule has 3 N–H and O–H groups in total. The lowest BCUT2D eigenvalue weighted by Gasteiger charge is -2.11. The number of amides is 1. The fraction of sp³-hybridized carbons (Fsp3) is 0.357. The highest BCUT2D eigenvalue weighted by atomic mass is 16.3. The maximum Gasteiger partial charge on any atom is 0.261 e. The van der Waals surface area contributed by atoms with Gasteiger partial charge in [0.05, 0.1) is 11.1 Å². The number of aromatic hydroxyl groups is 1. The summed E-state index contributed by atoms with van der Waals surface area (Å²) in [6.07, 6.45) is 1.62. The lowest BCUT2D eigenvalue weighted by atomic mass is 9.97. The van der Waals surface area contributed by atoms with Gasteiger partial charge in [-0.3, -0.25) is 14.9 Å². The molecule has 1 amide bonds. The Morgan fingerprint density at radius 3 is 2.59 bits per heavy atom. The average molecular weight is 303 g/mol. The van der Waals surface area contributed by atoms with Gasteiger partial charge in [-0.15, -0.1) is 0 Å². The van der Waals surface area contributed by atoms with Gasteiger partial charge >= 0.3 is 0 Å². The SMILES string of the molecule is CCCC(=O)c1cc(CC)cc(C(=O)Nc2nnn[nH]2)c1O. The van der Waals surface area contributed by atoms with Gasteiger partial charge in [0.15, 0.2) is 5.78 Å². The smallest absolute Gasteiger partial charge is 0.261 e. The molecule has 1 aromatic heterocycles. The van der Waals surface area contributed by atoms with Crippen molar-refractivity contribution in [2.45, 2.75) is 33.1 Å². The van der Waals surface area contributed by atoms with Gasteiger partial charge in [0.2, 0.25) is 5.95 Å². The van der Waals surface area contributed by atoms with Gasteiger partial charge in [0.25, 0.3) is 5.91 Å². The number of carbonyl (C=O) groups excluding carboxylic acids is 2. The van der Waals surface area contributed by atoms with E-state index in [9.17, 15) is 14.7 Å². The molecular weight excluding hydrogens is 286 g/mol. The maximum atomic E-state index is 12.2. The number of benzene rings is 1. The summed E-state index contributed by atoms with van der Waals surface area (Å²) >= 11 is 0. The number of H-pyrrole nitrogens is 1. The number of anilines is 1. The minimum absolute atomic E-state index is 0.0233. The molecule has 0 saturated heterocycles. The number of phenols is 1. The summed E-state index contributed by atoms with van der Waals surface area (Å²) in [7, 11) is 0. The molecule has 0 aliphatic rings.